The maximum atomic E-state index is 11.2. The molecule has 0 radical (unpaired) electrons. The summed E-state index contributed by atoms with van der Waals surface area (Å²) in [7, 11) is 0. The Labute approximate surface area is 188 Å². The molecule has 1 amide bonds. The maximum Gasteiger partial charge on any atom is 0.221 e. The molecule has 3 aromatic carbocycles. The number of amides is 1. The van der Waals surface area contributed by atoms with E-state index in [0.717, 1.165) is 27.9 Å². The molecule has 0 saturated heterocycles. The van der Waals surface area contributed by atoms with Gasteiger partial charge in [-0.2, -0.15) is 0 Å². The van der Waals surface area contributed by atoms with E-state index in [1.807, 2.05) is 48.5 Å². The van der Waals surface area contributed by atoms with Crippen LogP contribution in [0.2, 0.25) is 0 Å². The molecule has 0 atom stereocenters. The standard InChI is InChI=1S/C23H20N6O2S/c1-14(31)25-16-8-10-18(11-9-16)32-29-23-22(27-20-4-2-3-5-21(20)28-23)26-17-7-6-15(13-30)19(24)12-17/h2-13H,24H2,1H3,(H,25,31)(H,26,27)(H,28,29). The minimum Gasteiger partial charge on any atom is -0.398 e. The highest BCUT2D eigenvalue weighted by molar-refractivity contribution is 8.00. The summed E-state index contributed by atoms with van der Waals surface area (Å²) >= 11 is 1.37. The van der Waals surface area contributed by atoms with Crippen molar-refractivity contribution < 1.29 is 9.59 Å². The van der Waals surface area contributed by atoms with Crippen LogP contribution >= 0.6 is 11.9 Å². The summed E-state index contributed by atoms with van der Waals surface area (Å²) in [5.74, 6) is 0.939. The fourth-order valence-electron chi connectivity index (χ4n) is 2.97. The van der Waals surface area contributed by atoms with Crippen molar-refractivity contribution in [2.75, 3.05) is 21.1 Å². The van der Waals surface area contributed by atoms with E-state index in [1.54, 1.807) is 18.2 Å². The highest BCUT2D eigenvalue weighted by atomic mass is 32.2. The Morgan fingerprint density at radius 1 is 0.938 bits per heavy atom. The predicted octanol–water partition coefficient (Wildman–Crippen LogP) is 4.85. The number of carbonyl (C=O) groups excluding carboxylic acids is 2. The molecule has 4 rings (SSSR count). The van der Waals surface area contributed by atoms with Gasteiger partial charge in [-0.1, -0.05) is 12.1 Å². The lowest BCUT2D eigenvalue weighted by Crippen LogP contribution is -2.05. The first-order valence-electron chi connectivity index (χ1n) is 9.71. The van der Waals surface area contributed by atoms with Crippen LogP contribution in [-0.2, 0) is 4.79 Å². The summed E-state index contributed by atoms with van der Waals surface area (Å²) in [4.78, 5) is 32.5. The zero-order valence-electron chi connectivity index (χ0n) is 17.1. The second kappa shape index (κ2) is 9.36. The molecule has 0 aliphatic carbocycles. The predicted molar refractivity (Wildman–Crippen MR) is 129 cm³/mol. The molecule has 32 heavy (non-hydrogen) atoms. The van der Waals surface area contributed by atoms with Gasteiger partial charge in [0.15, 0.2) is 17.9 Å². The van der Waals surface area contributed by atoms with Crippen molar-refractivity contribution in [2.24, 2.45) is 0 Å². The number of nitrogens with zero attached hydrogens (tertiary/aromatic N) is 2. The van der Waals surface area contributed by atoms with Crippen LogP contribution in [0.5, 0.6) is 0 Å². The van der Waals surface area contributed by atoms with E-state index >= 15 is 0 Å². The molecule has 0 saturated carbocycles. The average Bonchev–Trinajstić information content (AvgIpc) is 2.78. The van der Waals surface area contributed by atoms with Crippen LogP contribution in [-0.4, -0.2) is 22.2 Å². The quantitative estimate of drug-likeness (QED) is 0.181. The van der Waals surface area contributed by atoms with E-state index in [1.165, 1.54) is 18.9 Å². The molecular formula is C23H20N6O2S. The lowest BCUT2D eigenvalue weighted by Gasteiger charge is -2.14. The third-order valence-electron chi connectivity index (χ3n) is 4.49. The van der Waals surface area contributed by atoms with Crippen molar-refractivity contribution in [3.63, 3.8) is 0 Å². The third-order valence-corrected chi connectivity index (χ3v) is 5.29. The summed E-state index contributed by atoms with van der Waals surface area (Å²) in [5.41, 5.74) is 9.64. The van der Waals surface area contributed by atoms with Gasteiger partial charge in [-0.15, -0.1) is 0 Å². The van der Waals surface area contributed by atoms with Crippen molar-refractivity contribution in [1.29, 1.82) is 0 Å². The van der Waals surface area contributed by atoms with Crippen LogP contribution in [0, 0.1) is 0 Å². The largest absolute Gasteiger partial charge is 0.398 e. The van der Waals surface area contributed by atoms with Gasteiger partial charge in [0, 0.05) is 34.4 Å². The van der Waals surface area contributed by atoms with Crippen LogP contribution < -0.4 is 21.1 Å². The van der Waals surface area contributed by atoms with Crippen LogP contribution in [0.25, 0.3) is 11.0 Å². The van der Waals surface area contributed by atoms with Crippen LogP contribution in [0.15, 0.2) is 71.6 Å². The second-order valence-electron chi connectivity index (χ2n) is 6.91. The van der Waals surface area contributed by atoms with Crippen molar-refractivity contribution in [3.8, 4) is 0 Å². The monoisotopic (exact) mass is 444 g/mol. The van der Waals surface area contributed by atoms with Gasteiger partial charge in [0.1, 0.15) is 0 Å². The highest BCUT2D eigenvalue weighted by Crippen LogP contribution is 2.30. The van der Waals surface area contributed by atoms with Gasteiger partial charge in [-0.05, 0) is 66.5 Å². The number of fused-ring (bicyclic) bond motifs is 1. The Hall–Kier alpha value is -4.11. The highest BCUT2D eigenvalue weighted by Gasteiger charge is 2.11. The molecule has 9 heteroatoms. The Kier molecular flexibility index (Phi) is 6.18. The van der Waals surface area contributed by atoms with Gasteiger partial charge in [-0.25, -0.2) is 9.97 Å². The molecule has 0 unspecified atom stereocenters. The average molecular weight is 445 g/mol. The molecule has 5 N–H and O–H groups in total. The van der Waals surface area contributed by atoms with Crippen molar-refractivity contribution >= 4 is 63.9 Å². The van der Waals surface area contributed by atoms with Crippen LogP contribution in [0.4, 0.5) is 28.7 Å². The summed E-state index contributed by atoms with van der Waals surface area (Å²) in [6, 6.07) is 20.1. The zero-order chi connectivity index (χ0) is 22.5. The Morgan fingerprint density at radius 3 is 2.22 bits per heavy atom. The molecule has 1 aromatic heterocycles. The molecule has 0 aliphatic heterocycles. The van der Waals surface area contributed by atoms with Crippen LogP contribution in [0.1, 0.15) is 17.3 Å². The number of nitrogen functional groups attached to an aromatic ring is 1. The van der Waals surface area contributed by atoms with Gasteiger partial charge < -0.3 is 21.1 Å². The van der Waals surface area contributed by atoms with Gasteiger partial charge in [0.25, 0.3) is 0 Å². The maximum absolute atomic E-state index is 11.2. The van der Waals surface area contributed by atoms with E-state index in [9.17, 15) is 9.59 Å². The number of aldehydes is 1. The Bertz CT molecular complexity index is 1290. The minimum absolute atomic E-state index is 0.118. The zero-order valence-corrected chi connectivity index (χ0v) is 17.9. The van der Waals surface area contributed by atoms with E-state index in [-0.39, 0.29) is 5.91 Å². The smallest absolute Gasteiger partial charge is 0.221 e. The molecule has 0 spiro atoms. The number of carbonyl (C=O) groups is 2. The van der Waals surface area contributed by atoms with E-state index in [2.05, 4.69) is 15.4 Å². The first kappa shape index (κ1) is 21.1. The first-order valence-corrected chi connectivity index (χ1v) is 10.5. The van der Waals surface area contributed by atoms with E-state index < -0.39 is 0 Å². The lowest BCUT2D eigenvalue weighted by atomic mass is 10.2. The fraction of sp³-hybridized carbons (Fsp3) is 0.0435. The SMILES string of the molecule is CC(=O)Nc1ccc(SNc2nc3ccccc3nc2Nc2ccc(C=O)c(N)c2)cc1. The fourth-order valence-corrected chi connectivity index (χ4v) is 3.60. The van der Waals surface area contributed by atoms with Gasteiger partial charge in [0.05, 0.1) is 11.0 Å². The van der Waals surface area contributed by atoms with Crippen molar-refractivity contribution in [2.45, 2.75) is 11.8 Å². The number of aromatic nitrogens is 2. The minimum atomic E-state index is -0.118. The number of rotatable bonds is 7. The second-order valence-corrected chi connectivity index (χ2v) is 7.79. The molecule has 160 valence electrons. The topological polar surface area (TPSA) is 122 Å². The number of benzene rings is 3. The third kappa shape index (κ3) is 4.96. The van der Waals surface area contributed by atoms with E-state index in [4.69, 9.17) is 15.7 Å². The lowest BCUT2D eigenvalue weighted by molar-refractivity contribution is -0.114. The molecule has 0 aliphatic rings. The summed E-state index contributed by atoms with van der Waals surface area (Å²) in [6.45, 7) is 1.47. The first-order chi connectivity index (χ1) is 15.5. The normalized spacial score (nSPS) is 10.5. The van der Waals surface area contributed by atoms with Gasteiger partial charge in [-0.3, -0.25) is 9.59 Å². The van der Waals surface area contributed by atoms with E-state index in [0.29, 0.717) is 28.6 Å². The summed E-state index contributed by atoms with van der Waals surface area (Å²) in [6.07, 6.45) is 0.718. The Balaban J connectivity index is 1.60. The number of nitrogens with two attached hydrogens (primary N) is 1. The van der Waals surface area contributed by atoms with Crippen LogP contribution in [0.3, 0.4) is 0 Å². The number of hydrogen-bond acceptors (Lipinski definition) is 8. The molecule has 0 bridgehead atoms. The number of anilines is 5. The number of hydrogen-bond donors (Lipinski definition) is 4. The molecule has 8 nitrogen and oxygen atoms in total. The van der Waals surface area contributed by atoms with Gasteiger partial charge >= 0.3 is 0 Å². The summed E-state index contributed by atoms with van der Waals surface area (Å²) in [5, 5.41) is 5.97. The molecular weight excluding hydrogens is 424 g/mol. The number of nitrogens with one attached hydrogen (secondary N) is 3. The van der Waals surface area contributed by atoms with Crippen molar-refractivity contribution in [3.05, 3.63) is 72.3 Å². The summed E-state index contributed by atoms with van der Waals surface area (Å²) < 4.78 is 3.25. The number of para-hydroxylation sites is 2. The Morgan fingerprint density at radius 2 is 1.59 bits per heavy atom. The van der Waals surface area contributed by atoms with Gasteiger partial charge in [0.2, 0.25) is 5.91 Å². The molecule has 1 heterocycles. The molecule has 4 aromatic rings. The molecule has 0 fully saturated rings. The van der Waals surface area contributed by atoms with Crippen molar-refractivity contribution in [1.82, 2.24) is 9.97 Å².